The highest BCUT2D eigenvalue weighted by atomic mass is 35.5. The highest BCUT2D eigenvalue weighted by Crippen LogP contribution is 2.33. The van der Waals surface area contributed by atoms with E-state index < -0.39 is 18.0 Å². The van der Waals surface area contributed by atoms with Crippen molar-refractivity contribution in [2.24, 2.45) is 5.92 Å². The van der Waals surface area contributed by atoms with E-state index in [1.54, 1.807) is 18.2 Å². The highest BCUT2D eigenvalue weighted by molar-refractivity contribution is 6.33. The molecule has 1 aromatic rings. The molecule has 0 aromatic heterocycles. The number of benzene rings is 1. The molecular formula is C14H18Cl2O3. The van der Waals surface area contributed by atoms with E-state index in [0.29, 0.717) is 22.0 Å². The smallest absolute Gasteiger partial charge is 0.311 e. The fraction of sp³-hybridized carbons (Fsp3) is 0.500. The van der Waals surface area contributed by atoms with Gasteiger partial charge in [-0.15, -0.1) is 0 Å². The zero-order valence-electron chi connectivity index (χ0n) is 11.0. The van der Waals surface area contributed by atoms with Crippen LogP contribution in [0.3, 0.4) is 0 Å². The molecule has 1 aromatic carbocycles. The van der Waals surface area contributed by atoms with Crippen molar-refractivity contribution in [1.29, 1.82) is 0 Å². The summed E-state index contributed by atoms with van der Waals surface area (Å²) >= 11 is 11.9. The number of esters is 1. The van der Waals surface area contributed by atoms with Crippen molar-refractivity contribution in [3.8, 4) is 0 Å². The van der Waals surface area contributed by atoms with Crippen LogP contribution in [-0.4, -0.2) is 18.2 Å². The minimum absolute atomic E-state index is 0.391. The van der Waals surface area contributed by atoms with Crippen LogP contribution in [0, 0.1) is 5.92 Å². The number of carbonyl (C=O) groups is 1. The second kappa shape index (κ2) is 7.73. The summed E-state index contributed by atoms with van der Waals surface area (Å²) in [5.41, 5.74) is 0.459. The van der Waals surface area contributed by atoms with Gasteiger partial charge in [-0.05, 0) is 24.6 Å². The molecule has 0 heterocycles. The van der Waals surface area contributed by atoms with Gasteiger partial charge in [0.25, 0.3) is 0 Å². The maximum atomic E-state index is 11.8. The Hall–Kier alpha value is -0.770. The number of ether oxygens (including phenoxy) is 1. The molecule has 0 aliphatic carbocycles. The van der Waals surface area contributed by atoms with Gasteiger partial charge in [0.1, 0.15) is 0 Å². The van der Waals surface area contributed by atoms with Gasteiger partial charge in [-0.1, -0.05) is 43.0 Å². The lowest BCUT2D eigenvalue weighted by molar-refractivity contribution is -0.150. The van der Waals surface area contributed by atoms with E-state index in [4.69, 9.17) is 27.9 Å². The van der Waals surface area contributed by atoms with Crippen molar-refractivity contribution in [2.75, 3.05) is 7.11 Å². The van der Waals surface area contributed by atoms with Gasteiger partial charge >= 0.3 is 5.97 Å². The summed E-state index contributed by atoms with van der Waals surface area (Å²) in [6.07, 6.45) is 1.30. The van der Waals surface area contributed by atoms with Crippen molar-refractivity contribution >= 4 is 29.2 Å². The first kappa shape index (κ1) is 16.3. The molecule has 0 amide bonds. The fourth-order valence-corrected chi connectivity index (χ4v) is 2.35. The van der Waals surface area contributed by atoms with E-state index in [-0.39, 0.29) is 0 Å². The molecule has 0 radical (unpaired) electrons. The molecule has 19 heavy (non-hydrogen) atoms. The fourth-order valence-electron chi connectivity index (χ4n) is 1.94. The average molecular weight is 305 g/mol. The molecule has 3 nitrogen and oxygen atoms in total. The predicted octanol–water partition coefficient (Wildman–Crippen LogP) is 4.01. The molecule has 0 aliphatic rings. The van der Waals surface area contributed by atoms with E-state index in [9.17, 15) is 9.90 Å². The number of aliphatic hydroxyl groups is 1. The van der Waals surface area contributed by atoms with E-state index in [2.05, 4.69) is 0 Å². The summed E-state index contributed by atoms with van der Waals surface area (Å²) in [6, 6.07) is 4.83. The minimum Gasteiger partial charge on any atom is -0.469 e. The number of hydrogen-bond acceptors (Lipinski definition) is 3. The first-order chi connectivity index (χ1) is 9.01. The molecular weight excluding hydrogens is 287 g/mol. The van der Waals surface area contributed by atoms with Crippen LogP contribution in [0.4, 0.5) is 0 Å². The first-order valence-corrected chi connectivity index (χ1v) is 6.97. The average Bonchev–Trinajstić information content (AvgIpc) is 2.41. The second-order valence-electron chi connectivity index (χ2n) is 4.38. The van der Waals surface area contributed by atoms with Crippen LogP contribution in [0.5, 0.6) is 0 Å². The van der Waals surface area contributed by atoms with Crippen molar-refractivity contribution in [1.82, 2.24) is 0 Å². The Labute approximate surface area is 123 Å². The maximum Gasteiger partial charge on any atom is 0.311 e. The second-order valence-corrected chi connectivity index (χ2v) is 5.23. The Morgan fingerprint density at radius 1 is 1.42 bits per heavy atom. The molecule has 0 fully saturated rings. The van der Waals surface area contributed by atoms with Crippen molar-refractivity contribution in [3.05, 3.63) is 33.8 Å². The van der Waals surface area contributed by atoms with E-state index in [1.165, 1.54) is 7.11 Å². The third-order valence-electron chi connectivity index (χ3n) is 3.03. The van der Waals surface area contributed by atoms with Crippen LogP contribution in [0.1, 0.15) is 37.9 Å². The molecule has 0 bridgehead atoms. The Kier molecular flexibility index (Phi) is 6.63. The molecule has 2 unspecified atom stereocenters. The zero-order chi connectivity index (χ0) is 14.4. The van der Waals surface area contributed by atoms with Crippen molar-refractivity contribution < 1.29 is 14.6 Å². The first-order valence-electron chi connectivity index (χ1n) is 6.22. The van der Waals surface area contributed by atoms with E-state index in [0.717, 1.165) is 12.8 Å². The number of hydrogen-bond donors (Lipinski definition) is 1. The van der Waals surface area contributed by atoms with Gasteiger partial charge in [0.15, 0.2) is 0 Å². The summed E-state index contributed by atoms with van der Waals surface area (Å²) in [5, 5.41) is 11.2. The Bertz CT molecular complexity index is 435. The molecule has 0 saturated carbocycles. The van der Waals surface area contributed by atoms with Crippen molar-refractivity contribution in [3.63, 3.8) is 0 Å². The standard InChI is InChI=1S/C14H18Cl2O3/c1-3-4-5-10(14(18)19-2)13(17)11-8-9(15)6-7-12(11)16/h6-8,10,13,17H,3-5H2,1-2H3. The predicted molar refractivity (Wildman–Crippen MR) is 76.5 cm³/mol. The molecule has 0 spiro atoms. The topological polar surface area (TPSA) is 46.5 Å². The lowest BCUT2D eigenvalue weighted by Gasteiger charge is -2.22. The van der Waals surface area contributed by atoms with Gasteiger partial charge < -0.3 is 9.84 Å². The van der Waals surface area contributed by atoms with Crippen LogP contribution in [0.2, 0.25) is 10.0 Å². The van der Waals surface area contributed by atoms with Crippen LogP contribution in [0.15, 0.2) is 18.2 Å². The monoisotopic (exact) mass is 304 g/mol. The van der Waals surface area contributed by atoms with Crippen LogP contribution >= 0.6 is 23.2 Å². The number of carbonyl (C=O) groups excluding carboxylic acids is 1. The SMILES string of the molecule is CCCCC(C(=O)OC)C(O)c1cc(Cl)ccc1Cl. The van der Waals surface area contributed by atoms with Gasteiger partial charge in [0.05, 0.1) is 19.1 Å². The number of methoxy groups -OCH3 is 1. The van der Waals surface area contributed by atoms with Crippen LogP contribution < -0.4 is 0 Å². The van der Waals surface area contributed by atoms with Gasteiger partial charge in [-0.25, -0.2) is 0 Å². The Balaban J connectivity index is 3.00. The van der Waals surface area contributed by atoms with Crippen molar-refractivity contribution in [2.45, 2.75) is 32.3 Å². The van der Waals surface area contributed by atoms with Gasteiger partial charge in [0, 0.05) is 15.6 Å². The van der Waals surface area contributed by atoms with E-state index in [1.807, 2.05) is 6.92 Å². The number of unbranched alkanes of at least 4 members (excludes halogenated alkanes) is 1. The van der Waals surface area contributed by atoms with Gasteiger partial charge in [-0.3, -0.25) is 4.79 Å². The summed E-state index contributed by atoms with van der Waals surface area (Å²) in [5.74, 6) is -1.06. The highest BCUT2D eigenvalue weighted by Gasteiger charge is 2.29. The van der Waals surface area contributed by atoms with Crippen LogP contribution in [0.25, 0.3) is 0 Å². The molecule has 0 aliphatic heterocycles. The number of halogens is 2. The van der Waals surface area contributed by atoms with Gasteiger partial charge in [-0.2, -0.15) is 0 Å². The van der Waals surface area contributed by atoms with E-state index >= 15 is 0 Å². The molecule has 0 saturated heterocycles. The largest absolute Gasteiger partial charge is 0.469 e. The summed E-state index contributed by atoms with van der Waals surface area (Å²) < 4.78 is 4.75. The molecule has 5 heteroatoms. The molecule has 106 valence electrons. The number of rotatable bonds is 6. The number of aliphatic hydroxyl groups excluding tert-OH is 1. The lowest BCUT2D eigenvalue weighted by Crippen LogP contribution is -2.24. The zero-order valence-corrected chi connectivity index (χ0v) is 12.5. The summed E-state index contributed by atoms with van der Waals surface area (Å²) in [6.45, 7) is 2.02. The Morgan fingerprint density at radius 3 is 2.68 bits per heavy atom. The third kappa shape index (κ3) is 4.37. The van der Waals surface area contributed by atoms with Gasteiger partial charge in [0.2, 0.25) is 0 Å². The summed E-state index contributed by atoms with van der Waals surface area (Å²) in [7, 11) is 1.31. The van der Waals surface area contributed by atoms with Crippen LogP contribution in [-0.2, 0) is 9.53 Å². The minimum atomic E-state index is -1.01. The molecule has 1 rings (SSSR count). The lowest BCUT2D eigenvalue weighted by atomic mass is 9.91. The molecule has 1 N–H and O–H groups in total. The normalized spacial score (nSPS) is 13.9. The third-order valence-corrected chi connectivity index (χ3v) is 3.61. The maximum absolute atomic E-state index is 11.8. The summed E-state index contributed by atoms with van der Waals surface area (Å²) in [4.78, 5) is 11.8. The Morgan fingerprint density at radius 2 is 2.11 bits per heavy atom. The molecule has 2 atom stereocenters. The quantitative estimate of drug-likeness (QED) is 0.808.